The van der Waals surface area contributed by atoms with Crippen LogP contribution in [0.4, 0.5) is 0 Å². The average Bonchev–Trinajstić information content (AvgIpc) is 2.16. The Kier molecular flexibility index (Phi) is 18.9. The Morgan fingerprint density at radius 2 is 1.07 bits per heavy atom. The van der Waals surface area contributed by atoms with Crippen LogP contribution in [-0.2, 0) is 0 Å². The molecular weight excluding hydrogens is 184 g/mol. The second kappa shape index (κ2) is 16.4. The second-order valence-electron chi connectivity index (χ2n) is 4.61. The number of hydrogen-bond acceptors (Lipinski definition) is 2. The first-order valence-electron chi connectivity index (χ1n) is 6.46. The molecule has 0 aromatic carbocycles. The summed E-state index contributed by atoms with van der Waals surface area (Å²) in [6.07, 6.45) is 11.0. The molecule has 0 rings (SSSR count). The van der Waals surface area contributed by atoms with Crippen LogP contribution in [0.25, 0.3) is 0 Å². The summed E-state index contributed by atoms with van der Waals surface area (Å²) in [5, 5.41) is 0. The zero-order valence-electron chi connectivity index (χ0n) is 11.4. The summed E-state index contributed by atoms with van der Waals surface area (Å²) in [6, 6.07) is 0. The third kappa shape index (κ3) is 31.5. The molecule has 15 heavy (non-hydrogen) atoms. The molecule has 0 aromatic heterocycles. The van der Waals surface area contributed by atoms with Gasteiger partial charge in [-0.25, -0.2) is 0 Å². The van der Waals surface area contributed by atoms with E-state index in [1.807, 2.05) is 26.0 Å². The van der Waals surface area contributed by atoms with Gasteiger partial charge in [-0.3, -0.25) is 0 Å². The van der Waals surface area contributed by atoms with Crippen LogP contribution in [0.2, 0.25) is 0 Å². The number of nitrogens with zero attached hydrogens (tertiary/aromatic N) is 1. The zero-order valence-corrected chi connectivity index (χ0v) is 11.4. The van der Waals surface area contributed by atoms with Crippen LogP contribution in [0.1, 0.15) is 58.3 Å². The van der Waals surface area contributed by atoms with Gasteiger partial charge in [0, 0.05) is 0 Å². The molecule has 94 valence electrons. The Hall–Kier alpha value is -0.0800. The lowest BCUT2D eigenvalue weighted by molar-refractivity contribution is 0.505. The van der Waals surface area contributed by atoms with Crippen LogP contribution >= 0.6 is 0 Å². The Bertz CT molecular complexity index is 81.8. The van der Waals surface area contributed by atoms with Gasteiger partial charge in [0.2, 0.25) is 0 Å². The topological polar surface area (TPSA) is 29.3 Å². The number of hydrogen-bond donors (Lipinski definition) is 1. The Labute approximate surface area is 97.2 Å². The third-order valence-electron chi connectivity index (χ3n) is 2.06. The first-order chi connectivity index (χ1) is 7.15. The van der Waals surface area contributed by atoms with Gasteiger partial charge in [0.25, 0.3) is 0 Å². The molecule has 0 aliphatic heterocycles. The predicted octanol–water partition coefficient (Wildman–Crippen LogP) is 3.26. The minimum atomic E-state index is 0.870. The molecule has 0 aliphatic rings. The quantitative estimate of drug-likeness (QED) is 0.631. The highest BCUT2D eigenvalue weighted by atomic mass is 15.0. The molecule has 0 bridgehead atoms. The van der Waals surface area contributed by atoms with Crippen molar-refractivity contribution in [2.45, 2.75) is 58.3 Å². The van der Waals surface area contributed by atoms with Crippen LogP contribution < -0.4 is 5.73 Å². The van der Waals surface area contributed by atoms with Crippen molar-refractivity contribution in [3.05, 3.63) is 0 Å². The Balaban J connectivity index is 0. The lowest BCUT2D eigenvalue weighted by atomic mass is 10.1. The second-order valence-corrected chi connectivity index (χ2v) is 4.61. The highest BCUT2D eigenvalue weighted by Gasteiger charge is 1.89. The largest absolute Gasteiger partial charge is 0.330 e. The predicted molar refractivity (Wildman–Crippen MR) is 71.3 cm³/mol. The van der Waals surface area contributed by atoms with Gasteiger partial charge in [0.15, 0.2) is 0 Å². The lowest BCUT2D eigenvalue weighted by Crippen LogP contribution is -1.99. The number of nitrogens with two attached hydrogens (primary N) is 1. The normalized spacial score (nSPS) is 10.0. The average molecular weight is 216 g/mol. The van der Waals surface area contributed by atoms with Crippen molar-refractivity contribution in [3.63, 3.8) is 0 Å². The van der Waals surface area contributed by atoms with Gasteiger partial charge < -0.3 is 10.6 Å². The zero-order chi connectivity index (χ0) is 11.9. The van der Waals surface area contributed by atoms with Crippen LogP contribution in [0.3, 0.4) is 0 Å². The maximum Gasteiger partial charge on any atom is -0.00773 e. The molecule has 0 aliphatic carbocycles. The van der Waals surface area contributed by atoms with E-state index in [1.165, 1.54) is 51.4 Å². The molecule has 2 N–H and O–H groups in total. The molecule has 0 amide bonds. The SMILES string of the molecule is CCCCCCCCCCN.CN(C)C. The van der Waals surface area contributed by atoms with Gasteiger partial charge >= 0.3 is 0 Å². The molecule has 0 unspecified atom stereocenters. The molecule has 0 aromatic rings. The van der Waals surface area contributed by atoms with Crippen LogP contribution in [0.5, 0.6) is 0 Å². The first kappa shape index (κ1) is 17.3. The van der Waals surface area contributed by atoms with E-state index in [9.17, 15) is 0 Å². The van der Waals surface area contributed by atoms with E-state index < -0.39 is 0 Å². The van der Waals surface area contributed by atoms with Crippen molar-refractivity contribution in [3.8, 4) is 0 Å². The van der Waals surface area contributed by atoms with Gasteiger partial charge in [0.1, 0.15) is 0 Å². The molecule has 0 atom stereocenters. The molecule has 0 fully saturated rings. The molecule has 0 saturated heterocycles. The summed E-state index contributed by atoms with van der Waals surface area (Å²) in [5.41, 5.74) is 5.39. The van der Waals surface area contributed by atoms with E-state index in [1.54, 1.807) is 0 Å². The number of rotatable bonds is 8. The summed E-state index contributed by atoms with van der Waals surface area (Å²) < 4.78 is 0. The lowest BCUT2D eigenvalue weighted by Gasteiger charge is -1.99. The summed E-state index contributed by atoms with van der Waals surface area (Å²) in [4.78, 5) is 2.00. The van der Waals surface area contributed by atoms with Crippen molar-refractivity contribution in [2.75, 3.05) is 27.7 Å². The fourth-order valence-electron chi connectivity index (χ4n) is 1.28. The van der Waals surface area contributed by atoms with Crippen LogP contribution in [0, 0.1) is 0 Å². The van der Waals surface area contributed by atoms with Gasteiger partial charge in [0.05, 0.1) is 0 Å². The highest BCUT2D eigenvalue weighted by molar-refractivity contribution is 4.45. The van der Waals surface area contributed by atoms with E-state index in [0.29, 0.717) is 0 Å². The minimum Gasteiger partial charge on any atom is -0.330 e. The maximum absolute atomic E-state index is 5.39. The van der Waals surface area contributed by atoms with E-state index in [-0.39, 0.29) is 0 Å². The summed E-state index contributed by atoms with van der Waals surface area (Å²) in [6.45, 7) is 3.13. The van der Waals surface area contributed by atoms with Gasteiger partial charge in [-0.05, 0) is 34.1 Å². The monoisotopic (exact) mass is 216 g/mol. The van der Waals surface area contributed by atoms with E-state index in [4.69, 9.17) is 5.73 Å². The maximum atomic E-state index is 5.39. The smallest absolute Gasteiger partial charge is 0.00773 e. The molecule has 0 radical (unpaired) electrons. The first-order valence-corrected chi connectivity index (χ1v) is 6.46. The number of unbranched alkanes of at least 4 members (excludes halogenated alkanes) is 7. The summed E-state index contributed by atoms with van der Waals surface area (Å²) in [5.74, 6) is 0. The molecule has 2 heteroatoms. The molecule has 0 spiro atoms. The van der Waals surface area contributed by atoms with Crippen molar-refractivity contribution in [2.24, 2.45) is 5.73 Å². The van der Waals surface area contributed by atoms with Crippen molar-refractivity contribution in [1.29, 1.82) is 0 Å². The van der Waals surface area contributed by atoms with Gasteiger partial charge in [-0.1, -0.05) is 51.9 Å². The van der Waals surface area contributed by atoms with Crippen molar-refractivity contribution in [1.82, 2.24) is 4.90 Å². The minimum absolute atomic E-state index is 0.870. The van der Waals surface area contributed by atoms with Crippen molar-refractivity contribution < 1.29 is 0 Å². The summed E-state index contributed by atoms with van der Waals surface area (Å²) in [7, 11) is 6.00. The van der Waals surface area contributed by atoms with E-state index in [2.05, 4.69) is 6.92 Å². The van der Waals surface area contributed by atoms with Crippen LogP contribution in [0.15, 0.2) is 0 Å². The van der Waals surface area contributed by atoms with Crippen LogP contribution in [-0.4, -0.2) is 32.6 Å². The van der Waals surface area contributed by atoms with Gasteiger partial charge in [-0.15, -0.1) is 0 Å². The molecular formula is C13H32N2. The highest BCUT2D eigenvalue weighted by Crippen LogP contribution is 2.07. The standard InChI is InChI=1S/C10H23N.C3H9N/c1-2-3-4-5-6-7-8-9-10-11;1-4(2)3/h2-11H2,1H3;1-3H3. The van der Waals surface area contributed by atoms with Crippen molar-refractivity contribution >= 4 is 0 Å². The third-order valence-corrected chi connectivity index (χ3v) is 2.06. The van der Waals surface area contributed by atoms with E-state index in [0.717, 1.165) is 6.54 Å². The fourth-order valence-corrected chi connectivity index (χ4v) is 1.28. The van der Waals surface area contributed by atoms with Gasteiger partial charge in [-0.2, -0.15) is 0 Å². The molecule has 2 nitrogen and oxygen atoms in total. The molecule has 0 heterocycles. The van der Waals surface area contributed by atoms with E-state index >= 15 is 0 Å². The molecule has 0 saturated carbocycles. The summed E-state index contributed by atoms with van der Waals surface area (Å²) >= 11 is 0. The Morgan fingerprint density at radius 1 is 0.733 bits per heavy atom. The Morgan fingerprint density at radius 3 is 1.40 bits per heavy atom. The fraction of sp³-hybridized carbons (Fsp3) is 1.00.